The van der Waals surface area contributed by atoms with Crippen LogP contribution in [0.2, 0.25) is 0 Å². The van der Waals surface area contributed by atoms with E-state index in [0.29, 0.717) is 5.56 Å². The van der Waals surface area contributed by atoms with Crippen molar-refractivity contribution in [3.05, 3.63) is 35.1 Å². The molecule has 0 radical (unpaired) electrons. The van der Waals surface area contributed by atoms with Gasteiger partial charge in [-0.05, 0) is 24.1 Å². The molecule has 4 heteroatoms. The highest BCUT2D eigenvalue weighted by Crippen LogP contribution is 2.09. The first-order chi connectivity index (χ1) is 6.63. The zero-order valence-corrected chi connectivity index (χ0v) is 7.25. The van der Waals surface area contributed by atoms with E-state index < -0.39 is 18.3 Å². The highest BCUT2D eigenvalue weighted by Gasteiger charge is 2.00. The number of hydrogen-bond acceptors (Lipinski definition) is 2. The smallest absolute Gasteiger partial charge is 0.293 e. The van der Waals surface area contributed by atoms with Crippen LogP contribution in [0.25, 0.3) is 0 Å². The number of amides is 1. The molecule has 0 aliphatic heterocycles. The van der Waals surface area contributed by atoms with E-state index in [4.69, 9.17) is 10.8 Å². The molecule has 0 aliphatic carbocycles. The number of hydrogen-bond donors (Lipinski definition) is 2. The quantitative estimate of drug-likeness (QED) is 0.624. The molecule has 1 amide bonds. The molecule has 1 rings (SSSR count). The third-order valence-corrected chi connectivity index (χ3v) is 1.55. The zero-order valence-electron chi connectivity index (χ0n) is 7.25. The van der Waals surface area contributed by atoms with Gasteiger partial charge in [-0.2, -0.15) is 0 Å². The largest absolute Gasteiger partial charge is 0.392 e. The second-order valence-corrected chi connectivity index (χ2v) is 2.58. The summed E-state index contributed by atoms with van der Waals surface area (Å²) in [6, 6.07) is 3.95. The van der Waals surface area contributed by atoms with Crippen LogP contribution in [0, 0.1) is 17.7 Å². The van der Waals surface area contributed by atoms with Gasteiger partial charge in [0.25, 0.3) is 5.91 Å². The van der Waals surface area contributed by atoms with Crippen LogP contribution in [-0.2, 0) is 11.4 Å². The van der Waals surface area contributed by atoms with Crippen molar-refractivity contribution >= 4 is 5.91 Å². The summed E-state index contributed by atoms with van der Waals surface area (Å²) in [5.41, 5.74) is 5.38. The van der Waals surface area contributed by atoms with Gasteiger partial charge >= 0.3 is 0 Å². The molecule has 0 atom stereocenters. The van der Waals surface area contributed by atoms with Gasteiger partial charge in [-0.25, -0.2) is 4.39 Å². The van der Waals surface area contributed by atoms with E-state index >= 15 is 0 Å². The second kappa shape index (κ2) is 4.40. The van der Waals surface area contributed by atoms with Gasteiger partial charge in [-0.3, -0.25) is 4.79 Å². The standard InChI is InChI=1S/C10H8FNO2/c11-9-3-1-7(2-4-10(12)14)5-8(9)6-13/h1,3,5,13H,6H2,(H2,12,14). The lowest BCUT2D eigenvalue weighted by Gasteiger charge is -1.98. The predicted octanol–water partition coefficient (Wildman–Crippen LogP) is 0.155. The van der Waals surface area contributed by atoms with Crippen molar-refractivity contribution in [3.8, 4) is 11.8 Å². The van der Waals surface area contributed by atoms with Crippen molar-refractivity contribution in [1.29, 1.82) is 0 Å². The molecular weight excluding hydrogens is 185 g/mol. The maximum absolute atomic E-state index is 12.9. The van der Waals surface area contributed by atoms with Crippen molar-refractivity contribution in [1.82, 2.24) is 0 Å². The molecule has 0 unspecified atom stereocenters. The Labute approximate surface area is 80.4 Å². The SMILES string of the molecule is NC(=O)C#Cc1ccc(F)c(CO)c1. The normalized spacial score (nSPS) is 9.00. The molecule has 0 heterocycles. The topological polar surface area (TPSA) is 63.3 Å². The summed E-state index contributed by atoms with van der Waals surface area (Å²) in [6.07, 6.45) is 0. The number of benzene rings is 1. The Morgan fingerprint density at radius 1 is 1.57 bits per heavy atom. The van der Waals surface area contributed by atoms with Crippen LogP contribution in [-0.4, -0.2) is 11.0 Å². The zero-order chi connectivity index (χ0) is 10.6. The second-order valence-electron chi connectivity index (χ2n) is 2.58. The highest BCUT2D eigenvalue weighted by molar-refractivity contribution is 5.92. The molecule has 0 aromatic heterocycles. The molecule has 1 aromatic carbocycles. The van der Waals surface area contributed by atoms with Crippen LogP contribution in [0.4, 0.5) is 4.39 Å². The summed E-state index contributed by atoms with van der Waals surface area (Å²) in [4.78, 5) is 10.3. The number of nitrogens with two attached hydrogens (primary N) is 1. The van der Waals surface area contributed by atoms with Gasteiger partial charge < -0.3 is 10.8 Å². The maximum atomic E-state index is 12.9. The summed E-state index contributed by atoms with van der Waals surface area (Å²) in [7, 11) is 0. The molecular formula is C10H8FNO2. The monoisotopic (exact) mass is 193 g/mol. The van der Waals surface area contributed by atoms with Crippen molar-refractivity contribution in [3.63, 3.8) is 0 Å². The first-order valence-electron chi connectivity index (χ1n) is 3.84. The average molecular weight is 193 g/mol. The number of carbonyl (C=O) groups is 1. The number of rotatable bonds is 1. The first kappa shape index (κ1) is 10.2. The predicted molar refractivity (Wildman–Crippen MR) is 48.4 cm³/mol. The summed E-state index contributed by atoms with van der Waals surface area (Å²) in [5.74, 6) is 3.31. The first-order valence-corrected chi connectivity index (χ1v) is 3.84. The van der Waals surface area contributed by atoms with Crippen LogP contribution in [0.1, 0.15) is 11.1 Å². The van der Waals surface area contributed by atoms with Crippen LogP contribution in [0.15, 0.2) is 18.2 Å². The fourth-order valence-electron chi connectivity index (χ4n) is 0.907. The number of aliphatic hydroxyl groups is 1. The van der Waals surface area contributed by atoms with Crippen molar-refractivity contribution in [2.45, 2.75) is 6.61 Å². The summed E-state index contributed by atoms with van der Waals surface area (Å²) in [6.45, 7) is -0.405. The van der Waals surface area contributed by atoms with Gasteiger partial charge in [0, 0.05) is 11.1 Å². The fourth-order valence-corrected chi connectivity index (χ4v) is 0.907. The Balaban J connectivity index is 3.03. The Bertz CT molecular complexity index is 418. The van der Waals surface area contributed by atoms with Crippen molar-refractivity contribution < 1.29 is 14.3 Å². The number of halogens is 1. The third kappa shape index (κ3) is 2.57. The molecule has 3 nitrogen and oxygen atoms in total. The van der Waals surface area contributed by atoms with Gasteiger partial charge in [0.05, 0.1) is 6.61 Å². The Morgan fingerprint density at radius 2 is 2.29 bits per heavy atom. The fraction of sp³-hybridized carbons (Fsp3) is 0.100. The van der Waals surface area contributed by atoms with Gasteiger partial charge in [0.2, 0.25) is 0 Å². The molecule has 0 saturated carbocycles. The minimum atomic E-state index is -0.750. The van der Waals surface area contributed by atoms with E-state index in [1.165, 1.54) is 18.2 Å². The van der Waals surface area contributed by atoms with Crippen LogP contribution in [0.3, 0.4) is 0 Å². The van der Waals surface area contributed by atoms with E-state index in [0.717, 1.165) is 0 Å². The number of aliphatic hydroxyl groups excluding tert-OH is 1. The Morgan fingerprint density at radius 3 is 2.86 bits per heavy atom. The molecule has 0 bridgehead atoms. The van der Waals surface area contributed by atoms with Crippen LogP contribution < -0.4 is 5.73 Å². The molecule has 0 saturated heterocycles. The summed E-state index contributed by atoms with van der Waals surface area (Å²) >= 11 is 0. The van der Waals surface area contributed by atoms with E-state index in [1.54, 1.807) is 0 Å². The van der Waals surface area contributed by atoms with Gasteiger partial charge in [0.15, 0.2) is 0 Å². The maximum Gasteiger partial charge on any atom is 0.293 e. The third-order valence-electron chi connectivity index (χ3n) is 1.55. The van der Waals surface area contributed by atoms with Crippen LogP contribution in [0.5, 0.6) is 0 Å². The molecule has 0 fully saturated rings. The van der Waals surface area contributed by atoms with Gasteiger partial charge in [-0.15, -0.1) is 0 Å². The molecule has 3 N–H and O–H groups in total. The minimum Gasteiger partial charge on any atom is -0.392 e. The lowest BCUT2D eigenvalue weighted by atomic mass is 10.1. The van der Waals surface area contributed by atoms with E-state index in [-0.39, 0.29) is 5.56 Å². The molecule has 0 aliphatic rings. The number of carbonyl (C=O) groups excluding carboxylic acids is 1. The number of primary amides is 1. The highest BCUT2D eigenvalue weighted by atomic mass is 19.1. The van der Waals surface area contributed by atoms with E-state index in [9.17, 15) is 9.18 Å². The van der Waals surface area contributed by atoms with Crippen molar-refractivity contribution in [2.24, 2.45) is 5.73 Å². The summed E-state index contributed by atoms with van der Waals surface area (Å²) in [5, 5.41) is 8.74. The Kier molecular flexibility index (Phi) is 3.21. The van der Waals surface area contributed by atoms with E-state index in [2.05, 4.69) is 11.8 Å². The molecule has 72 valence electrons. The lowest BCUT2D eigenvalue weighted by molar-refractivity contribution is -0.112. The summed E-state index contributed by atoms with van der Waals surface area (Å²) < 4.78 is 12.9. The van der Waals surface area contributed by atoms with Gasteiger partial charge in [0.1, 0.15) is 5.82 Å². The molecule has 1 aromatic rings. The minimum absolute atomic E-state index is 0.140. The van der Waals surface area contributed by atoms with Crippen LogP contribution >= 0.6 is 0 Å². The van der Waals surface area contributed by atoms with Crippen molar-refractivity contribution in [2.75, 3.05) is 0 Å². The lowest BCUT2D eigenvalue weighted by Crippen LogP contribution is -2.06. The molecule has 14 heavy (non-hydrogen) atoms. The Hall–Kier alpha value is -1.86. The average Bonchev–Trinajstić information content (AvgIpc) is 2.16. The molecule has 0 spiro atoms. The van der Waals surface area contributed by atoms with Gasteiger partial charge in [-0.1, -0.05) is 5.92 Å². The van der Waals surface area contributed by atoms with E-state index in [1.807, 2.05) is 0 Å².